The van der Waals surface area contributed by atoms with Crippen molar-refractivity contribution in [1.82, 2.24) is 0 Å². The van der Waals surface area contributed by atoms with Crippen LogP contribution in [0.1, 0.15) is 16.7 Å². The number of hydrogen-bond acceptors (Lipinski definition) is 2. The monoisotopic (exact) mass is 274 g/mol. The standard InChI is InChI=1S/C15H15FN2S/c1-10-5-7-12(8-6-10)19-9-11-3-2-4-13(14(11)16)15(17)18/h2-8H,9H2,1H3,(H3,17,18). The van der Waals surface area contributed by atoms with Crippen molar-refractivity contribution in [2.24, 2.45) is 5.73 Å². The zero-order chi connectivity index (χ0) is 13.8. The van der Waals surface area contributed by atoms with Crippen LogP contribution in [0.2, 0.25) is 0 Å². The lowest BCUT2D eigenvalue weighted by atomic mass is 10.1. The number of nitrogens with two attached hydrogens (primary N) is 1. The first-order valence-electron chi connectivity index (χ1n) is 5.89. The van der Waals surface area contributed by atoms with Crippen LogP contribution in [-0.4, -0.2) is 5.84 Å². The summed E-state index contributed by atoms with van der Waals surface area (Å²) in [5.74, 6) is -0.106. The Morgan fingerprint density at radius 2 is 1.89 bits per heavy atom. The minimum Gasteiger partial charge on any atom is -0.384 e. The van der Waals surface area contributed by atoms with Crippen molar-refractivity contribution >= 4 is 17.6 Å². The van der Waals surface area contributed by atoms with E-state index in [-0.39, 0.29) is 11.4 Å². The molecule has 0 aliphatic rings. The number of nitrogens with one attached hydrogen (secondary N) is 1. The molecule has 0 saturated carbocycles. The van der Waals surface area contributed by atoms with Gasteiger partial charge in [-0.2, -0.15) is 0 Å². The minimum absolute atomic E-state index is 0.169. The summed E-state index contributed by atoms with van der Waals surface area (Å²) >= 11 is 1.57. The van der Waals surface area contributed by atoms with Crippen molar-refractivity contribution in [2.75, 3.05) is 0 Å². The fourth-order valence-corrected chi connectivity index (χ4v) is 2.57. The molecule has 0 aliphatic heterocycles. The molecule has 0 spiro atoms. The maximum Gasteiger partial charge on any atom is 0.138 e. The Morgan fingerprint density at radius 1 is 1.21 bits per heavy atom. The number of thioether (sulfide) groups is 1. The molecule has 98 valence electrons. The Labute approximate surface area is 116 Å². The van der Waals surface area contributed by atoms with Gasteiger partial charge in [0.05, 0.1) is 5.56 Å². The average molecular weight is 274 g/mol. The van der Waals surface area contributed by atoms with Gasteiger partial charge in [-0.1, -0.05) is 29.8 Å². The molecule has 4 heteroatoms. The minimum atomic E-state index is -0.394. The predicted octanol–water partition coefficient (Wildman–Crippen LogP) is 3.71. The third kappa shape index (κ3) is 3.35. The number of aryl methyl sites for hydroxylation is 1. The van der Waals surface area contributed by atoms with Gasteiger partial charge in [0.1, 0.15) is 11.7 Å². The topological polar surface area (TPSA) is 49.9 Å². The lowest BCUT2D eigenvalue weighted by Crippen LogP contribution is -2.14. The van der Waals surface area contributed by atoms with Crippen LogP contribution in [0.15, 0.2) is 47.4 Å². The summed E-state index contributed by atoms with van der Waals surface area (Å²) < 4.78 is 14.1. The molecule has 0 atom stereocenters. The summed E-state index contributed by atoms with van der Waals surface area (Å²) in [5, 5.41) is 7.32. The van der Waals surface area contributed by atoms with E-state index in [1.54, 1.807) is 23.9 Å². The summed E-state index contributed by atoms with van der Waals surface area (Å²) in [4.78, 5) is 1.10. The van der Waals surface area contributed by atoms with Gasteiger partial charge in [-0.05, 0) is 30.7 Å². The van der Waals surface area contributed by atoms with Gasteiger partial charge in [-0.25, -0.2) is 4.39 Å². The molecule has 0 aliphatic carbocycles. The molecule has 0 bridgehead atoms. The highest BCUT2D eigenvalue weighted by molar-refractivity contribution is 7.98. The molecule has 2 aromatic carbocycles. The van der Waals surface area contributed by atoms with Crippen molar-refractivity contribution < 1.29 is 4.39 Å². The van der Waals surface area contributed by atoms with Crippen LogP contribution in [0.3, 0.4) is 0 Å². The summed E-state index contributed by atoms with van der Waals surface area (Å²) in [6.45, 7) is 2.03. The van der Waals surface area contributed by atoms with Crippen LogP contribution in [-0.2, 0) is 5.75 Å². The highest BCUT2D eigenvalue weighted by Crippen LogP contribution is 2.25. The largest absolute Gasteiger partial charge is 0.384 e. The number of halogens is 1. The van der Waals surface area contributed by atoms with E-state index in [0.29, 0.717) is 11.3 Å². The van der Waals surface area contributed by atoms with Crippen LogP contribution in [0, 0.1) is 18.2 Å². The molecule has 0 heterocycles. The van der Waals surface area contributed by atoms with Gasteiger partial charge in [-0.15, -0.1) is 11.8 Å². The van der Waals surface area contributed by atoms with E-state index in [9.17, 15) is 4.39 Å². The number of amidine groups is 1. The molecule has 2 nitrogen and oxygen atoms in total. The molecule has 2 rings (SSSR count). The SMILES string of the molecule is Cc1ccc(SCc2cccc(C(=N)N)c2F)cc1. The van der Waals surface area contributed by atoms with Gasteiger partial charge in [0.2, 0.25) is 0 Å². The Balaban J connectivity index is 2.13. The van der Waals surface area contributed by atoms with Gasteiger partial charge in [0, 0.05) is 10.6 Å². The Kier molecular flexibility index (Phi) is 4.22. The van der Waals surface area contributed by atoms with Crippen molar-refractivity contribution in [2.45, 2.75) is 17.6 Å². The first kappa shape index (κ1) is 13.6. The lowest BCUT2D eigenvalue weighted by molar-refractivity contribution is 0.614. The quantitative estimate of drug-likeness (QED) is 0.507. The second kappa shape index (κ2) is 5.89. The summed E-state index contributed by atoms with van der Waals surface area (Å²) in [5.41, 5.74) is 7.28. The van der Waals surface area contributed by atoms with Gasteiger partial charge in [0.15, 0.2) is 0 Å². The molecule has 3 N–H and O–H groups in total. The summed E-state index contributed by atoms with van der Waals surface area (Å²) in [6.07, 6.45) is 0. The van der Waals surface area contributed by atoms with Crippen LogP contribution >= 0.6 is 11.8 Å². The number of rotatable bonds is 4. The first-order valence-corrected chi connectivity index (χ1v) is 6.87. The molecule has 0 radical (unpaired) electrons. The second-order valence-corrected chi connectivity index (χ2v) is 5.34. The number of hydrogen-bond donors (Lipinski definition) is 2. The molecular weight excluding hydrogens is 259 g/mol. The number of benzene rings is 2. The third-order valence-corrected chi connectivity index (χ3v) is 3.85. The molecule has 0 aromatic heterocycles. The van der Waals surface area contributed by atoms with Gasteiger partial charge in [-0.3, -0.25) is 5.41 Å². The van der Waals surface area contributed by atoms with E-state index in [1.807, 2.05) is 31.2 Å². The van der Waals surface area contributed by atoms with Crippen molar-refractivity contribution in [3.8, 4) is 0 Å². The summed E-state index contributed by atoms with van der Waals surface area (Å²) in [6, 6.07) is 13.1. The number of nitrogen functional groups attached to an aromatic ring is 1. The van der Waals surface area contributed by atoms with Crippen molar-refractivity contribution in [3.63, 3.8) is 0 Å². The van der Waals surface area contributed by atoms with Crippen LogP contribution in [0.25, 0.3) is 0 Å². The van der Waals surface area contributed by atoms with Crippen molar-refractivity contribution in [3.05, 3.63) is 65.0 Å². The molecule has 2 aromatic rings. The smallest absolute Gasteiger partial charge is 0.138 e. The molecular formula is C15H15FN2S. The fraction of sp³-hybridized carbons (Fsp3) is 0.133. The Morgan fingerprint density at radius 3 is 2.53 bits per heavy atom. The predicted molar refractivity (Wildman–Crippen MR) is 78.2 cm³/mol. The normalized spacial score (nSPS) is 10.4. The van der Waals surface area contributed by atoms with Gasteiger partial charge >= 0.3 is 0 Å². The van der Waals surface area contributed by atoms with Crippen molar-refractivity contribution in [1.29, 1.82) is 5.41 Å². The highest BCUT2D eigenvalue weighted by atomic mass is 32.2. The average Bonchev–Trinajstić information content (AvgIpc) is 2.39. The zero-order valence-corrected chi connectivity index (χ0v) is 11.4. The van der Waals surface area contributed by atoms with E-state index in [4.69, 9.17) is 11.1 Å². The molecule has 0 amide bonds. The molecule has 0 fully saturated rings. The fourth-order valence-electron chi connectivity index (χ4n) is 1.69. The van der Waals surface area contributed by atoms with Crippen LogP contribution in [0.4, 0.5) is 4.39 Å². The van der Waals surface area contributed by atoms with E-state index >= 15 is 0 Å². The maximum absolute atomic E-state index is 14.1. The maximum atomic E-state index is 14.1. The lowest BCUT2D eigenvalue weighted by Gasteiger charge is -2.07. The van der Waals surface area contributed by atoms with Crippen LogP contribution in [0.5, 0.6) is 0 Å². The highest BCUT2D eigenvalue weighted by Gasteiger charge is 2.10. The Bertz CT molecular complexity index is 594. The van der Waals surface area contributed by atoms with Gasteiger partial charge < -0.3 is 5.73 Å². The summed E-state index contributed by atoms with van der Waals surface area (Å²) in [7, 11) is 0. The Hall–Kier alpha value is -1.81. The molecule has 0 saturated heterocycles. The zero-order valence-electron chi connectivity index (χ0n) is 10.6. The van der Waals surface area contributed by atoms with E-state index in [0.717, 1.165) is 4.90 Å². The molecule has 0 unspecified atom stereocenters. The first-order chi connectivity index (χ1) is 9.08. The van der Waals surface area contributed by atoms with Gasteiger partial charge in [0.25, 0.3) is 0 Å². The second-order valence-electron chi connectivity index (χ2n) is 4.29. The van der Waals surface area contributed by atoms with E-state index in [2.05, 4.69) is 0 Å². The van der Waals surface area contributed by atoms with E-state index in [1.165, 1.54) is 11.6 Å². The molecule has 19 heavy (non-hydrogen) atoms. The third-order valence-electron chi connectivity index (χ3n) is 2.78. The van der Waals surface area contributed by atoms with E-state index < -0.39 is 5.82 Å². The van der Waals surface area contributed by atoms with Crippen LogP contribution < -0.4 is 5.73 Å².